The predicted molar refractivity (Wildman–Crippen MR) is 48.8 cm³/mol. The molecule has 2 N–H and O–H groups in total. The Bertz CT molecular complexity index is 134. The number of carbonyl (C=O) groups excluding carboxylic acids is 1. The van der Waals surface area contributed by atoms with Crippen LogP contribution in [0.4, 0.5) is 0 Å². The van der Waals surface area contributed by atoms with Crippen molar-refractivity contribution in [2.45, 2.75) is 39.7 Å². The molecule has 0 aliphatic heterocycles. The van der Waals surface area contributed by atoms with Gasteiger partial charge in [0.2, 0.25) is 5.91 Å². The number of aliphatic hydroxyl groups excluding tert-OH is 1. The maximum absolute atomic E-state index is 11.1. The summed E-state index contributed by atoms with van der Waals surface area (Å²) in [5.41, 5.74) is 0. The first kappa shape index (κ1) is 11.4. The number of carbonyl (C=O) groups is 1. The highest BCUT2D eigenvalue weighted by molar-refractivity contribution is 5.80. The highest BCUT2D eigenvalue weighted by Crippen LogP contribution is 1.96. The van der Waals surface area contributed by atoms with Gasteiger partial charge in [0.25, 0.3) is 0 Å². The van der Waals surface area contributed by atoms with E-state index in [2.05, 4.69) is 5.32 Å². The van der Waals surface area contributed by atoms with Crippen LogP contribution in [-0.2, 0) is 4.79 Å². The lowest BCUT2D eigenvalue weighted by Crippen LogP contribution is -2.36. The van der Waals surface area contributed by atoms with Crippen molar-refractivity contribution in [1.82, 2.24) is 5.32 Å². The summed E-state index contributed by atoms with van der Waals surface area (Å²) >= 11 is 0. The van der Waals surface area contributed by atoms with E-state index >= 15 is 0 Å². The molecule has 0 rings (SSSR count). The Kier molecular flexibility index (Phi) is 5.72. The number of hydrogen-bond acceptors (Lipinski definition) is 2. The minimum absolute atomic E-state index is 0.245. The molecule has 0 saturated heterocycles. The van der Waals surface area contributed by atoms with Crippen LogP contribution < -0.4 is 5.32 Å². The summed E-state index contributed by atoms with van der Waals surface area (Å²) in [6.07, 6.45) is 0.550. The lowest BCUT2D eigenvalue weighted by Gasteiger charge is -2.11. The van der Waals surface area contributed by atoms with Crippen LogP contribution >= 0.6 is 0 Å². The van der Waals surface area contributed by atoms with Crippen LogP contribution in [0.25, 0.3) is 0 Å². The van der Waals surface area contributed by atoms with Gasteiger partial charge < -0.3 is 10.4 Å². The van der Waals surface area contributed by atoms with Gasteiger partial charge in [-0.3, -0.25) is 4.79 Å². The van der Waals surface area contributed by atoms with Crippen molar-refractivity contribution in [3.8, 4) is 0 Å². The maximum atomic E-state index is 11.1. The molecule has 0 saturated carbocycles. The topological polar surface area (TPSA) is 49.3 Å². The third-order valence-electron chi connectivity index (χ3n) is 1.55. The van der Waals surface area contributed by atoms with E-state index in [1.807, 2.05) is 20.8 Å². The molecule has 0 heterocycles. The molecule has 0 aromatic carbocycles. The average Bonchev–Trinajstić information content (AvgIpc) is 2.00. The van der Waals surface area contributed by atoms with Crippen LogP contribution in [-0.4, -0.2) is 23.7 Å². The normalized spacial score (nSPS) is 13.1. The lowest BCUT2D eigenvalue weighted by molar-refractivity contribution is -0.129. The molecule has 12 heavy (non-hydrogen) atoms. The Morgan fingerprint density at radius 3 is 2.50 bits per heavy atom. The van der Waals surface area contributed by atoms with E-state index in [1.165, 1.54) is 0 Å². The zero-order chi connectivity index (χ0) is 9.56. The van der Waals surface area contributed by atoms with Gasteiger partial charge >= 0.3 is 0 Å². The second kappa shape index (κ2) is 6.00. The molecule has 3 heteroatoms. The minimum atomic E-state index is -0.825. The first-order valence-electron chi connectivity index (χ1n) is 4.53. The molecule has 0 aliphatic carbocycles. The molecule has 1 amide bonds. The van der Waals surface area contributed by atoms with E-state index in [0.29, 0.717) is 18.9 Å². The lowest BCUT2D eigenvalue weighted by atomic mass is 10.2. The van der Waals surface area contributed by atoms with Gasteiger partial charge in [-0.05, 0) is 12.3 Å². The fourth-order valence-corrected chi connectivity index (χ4v) is 0.827. The number of amides is 1. The molecule has 3 nitrogen and oxygen atoms in total. The van der Waals surface area contributed by atoms with E-state index in [0.717, 1.165) is 6.42 Å². The first-order chi connectivity index (χ1) is 5.57. The Hall–Kier alpha value is -0.570. The van der Waals surface area contributed by atoms with Crippen LogP contribution in [0.3, 0.4) is 0 Å². The molecule has 0 fully saturated rings. The third kappa shape index (κ3) is 5.13. The van der Waals surface area contributed by atoms with Gasteiger partial charge in [0.15, 0.2) is 0 Å². The summed E-state index contributed by atoms with van der Waals surface area (Å²) in [6.45, 7) is 6.62. The first-order valence-corrected chi connectivity index (χ1v) is 4.53. The molecule has 72 valence electrons. The Balaban J connectivity index is 3.57. The number of hydrogen-bond donors (Lipinski definition) is 2. The largest absolute Gasteiger partial charge is 0.383 e. The second-order valence-electron chi connectivity index (χ2n) is 3.44. The van der Waals surface area contributed by atoms with Crippen molar-refractivity contribution in [3.05, 3.63) is 0 Å². The van der Waals surface area contributed by atoms with Crippen LogP contribution in [0, 0.1) is 5.92 Å². The molecule has 0 bridgehead atoms. The van der Waals surface area contributed by atoms with Crippen molar-refractivity contribution in [3.63, 3.8) is 0 Å². The molecule has 0 radical (unpaired) electrons. The summed E-state index contributed by atoms with van der Waals surface area (Å²) in [7, 11) is 0. The molecule has 0 aromatic rings. The van der Waals surface area contributed by atoms with E-state index in [-0.39, 0.29) is 5.91 Å². The summed E-state index contributed by atoms with van der Waals surface area (Å²) in [4.78, 5) is 11.1. The van der Waals surface area contributed by atoms with Crippen LogP contribution in [0.5, 0.6) is 0 Å². The third-order valence-corrected chi connectivity index (χ3v) is 1.55. The van der Waals surface area contributed by atoms with Crippen LogP contribution in [0.1, 0.15) is 33.6 Å². The standard InChI is InChI=1S/C9H19NO2/c1-4-5-8(11)9(12)10-6-7(2)3/h7-8,11H,4-6H2,1-3H3,(H,10,12). The highest BCUT2D eigenvalue weighted by Gasteiger charge is 2.12. The fourth-order valence-electron chi connectivity index (χ4n) is 0.827. The molecule has 0 aliphatic rings. The zero-order valence-corrected chi connectivity index (χ0v) is 8.13. The SMILES string of the molecule is CCCC(O)C(=O)NCC(C)C. The molecular weight excluding hydrogens is 154 g/mol. The summed E-state index contributed by atoms with van der Waals surface area (Å²) in [6, 6.07) is 0. The van der Waals surface area contributed by atoms with Crippen molar-refractivity contribution in [2.24, 2.45) is 5.92 Å². The number of rotatable bonds is 5. The minimum Gasteiger partial charge on any atom is -0.383 e. The Labute approximate surface area is 74.2 Å². The average molecular weight is 173 g/mol. The van der Waals surface area contributed by atoms with Gasteiger partial charge in [0.05, 0.1) is 0 Å². The molecule has 0 spiro atoms. The van der Waals surface area contributed by atoms with Gasteiger partial charge in [-0.1, -0.05) is 27.2 Å². The van der Waals surface area contributed by atoms with Crippen LogP contribution in [0.2, 0.25) is 0 Å². The maximum Gasteiger partial charge on any atom is 0.248 e. The Morgan fingerprint density at radius 1 is 1.50 bits per heavy atom. The molecular formula is C9H19NO2. The van der Waals surface area contributed by atoms with E-state index in [4.69, 9.17) is 0 Å². The predicted octanol–water partition coefficient (Wildman–Crippen LogP) is 0.920. The Morgan fingerprint density at radius 2 is 2.08 bits per heavy atom. The van der Waals surface area contributed by atoms with Gasteiger partial charge in [-0.15, -0.1) is 0 Å². The summed E-state index contributed by atoms with van der Waals surface area (Å²) < 4.78 is 0. The van der Waals surface area contributed by atoms with Crippen molar-refractivity contribution in [2.75, 3.05) is 6.54 Å². The van der Waals surface area contributed by atoms with Gasteiger partial charge in [-0.25, -0.2) is 0 Å². The van der Waals surface area contributed by atoms with Crippen molar-refractivity contribution in [1.29, 1.82) is 0 Å². The fraction of sp³-hybridized carbons (Fsp3) is 0.889. The number of aliphatic hydroxyl groups is 1. The van der Waals surface area contributed by atoms with E-state index < -0.39 is 6.10 Å². The van der Waals surface area contributed by atoms with E-state index in [9.17, 15) is 9.90 Å². The summed E-state index contributed by atoms with van der Waals surface area (Å²) in [5.74, 6) is 0.188. The zero-order valence-electron chi connectivity index (χ0n) is 8.13. The quantitative estimate of drug-likeness (QED) is 0.649. The molecule has 1 atom stereocenters. The monoisotopic (exact) mass is 173 g/mol. The smallest absolute Gasteiger partial charge is 0.248 e. The van der Waals surface area contributed by atoms with Crippen molar-refractivity contribution < 1.29 is 9.90 Å². The highest BCUT2D eigenvalue weighted by atomic mass is 16.3. The second-order valence-corrected chi connectivity index (χ2v) is 3.44. The van der Waals surface area contributed by atoms with Gasteiger partial charge in [-0.2, -0.15) is 0 Å². The van der Waals surface area contributed by atoms with Crippen molar-refractivity contribution >= 4 is 5.91 Å². The van der Waals surface area contributed by atoms with Gasteiger partial charge in [0, 0.05) is 6.54 Å². The molecule has 1 unspecified atom stereocenters. The van der Waals surface area contributed by atoms with Crippen LogP contribution in [0.15, 0.2) is 0 Å². The summed E-state index contributed by atoms with van der Waals surface area (Å²) in [5, 5.41) is 11.9. The molecule has 0 aromatic heterocycles. The van der Waals surface area contributed by atoms with Gasteiger partial charge in [0.1, 0.15) is 6.10 Å². The van der Waals surface area contributed by atoms with E-state index in [1.54, 1.807) is 0 Å². The number of nitrogens with one attached hydrogen (secondary N) is 1.